The standard InChI is InChI=1S/C15H29N3O6.C9H14N2O3S.CH4/c1-4-16-13(19)8-7-9-22-12(10-23-14(20)17-5-2)11-24-15(21)18-6-3;1-10-7(12)3-4-11-8(13)5-6(15-2)9(11)14;/h12H,4-11H2,1-3H3,(H,16,19)(H,17,20)(H,18,21);6H,3-5H2,1-2H3,(H,10,12);1H4. The third-order valence-corrected chi connectivity index (χ3v) is 5.98. The third kappa shape index (κ3) is 17.5. The Hall–Kier alpha value is -3.07. The van der Waals surface area contributed by atoms with E-state index in [0.717, 1.165) is 0 Å². The molecule has 4 N–H and O–H groups in total. The molecule has 0 aromatic carbocycles. The molecule has 0 aromatic heterocycles. The molecule has 15 heteroatoms. The van der Waals surface area contributed by atoms with Crippen LogP contribution in [-0.4, -0.2) is 111 Å². The van der Waals surface area contributed by atoms with E-state index in [0.29, 0.717) is 39.1 Å². The number of hydrogen-bond donors (Lipinski definition) is 4. The number of imide groups is 1. The van der Waals surface area contributed by atoms with Crippen molar-refractivity contribution in [3.63, 3.8) is 0 Å². The van der Waals surface area contributed by atoms with E-state index in [4.69, 9.17) is 14.2 Å². The van der Waals surface area contributed by atoms with Gasteiger partial charge in [0.25, 0.3) is 0 Å². The Balaban J connectivity index is 0. The summed E-state index contributed by atoms with van der Waals surface area (Å²) in [7, 11) is 1.53. The van der Waals surface area contributed by atoms with E-state index in [-0.39, 0.29) is 68.9 Å². The van der Waals surface area contributed by atoms with Crippen molar-refractivity contribution in [1.82, 2.24) is 26.2 Å². The molecule has 1 atom stereocenters. The highest BCUT2D eigenvalue weighted by Gasteiger charge is 2.37. The first-order valence-corrected chi connectivity index (χ1v) is 14.2. The van der Waals surface area contributed by atoms with Crippen molar-refractivity contribution >= 4 is 47.6 Å². The fraction of sp³-hybridized carbons (Fsp3) is 0.760. The Kier molecular flexibility index (Phi) is 23.2. The predicted octanol–water partition coefficient (Wildman–Crippen LogP) is 1.03. The zero-order valence-corrected chi connectivity index (χ0v) is 24.3. The lowest BCUT2D eigenvalue weighted by Crippen LogP contribution is -2.34. The predicted molar refractivity (Wildman–Crippen MR) is 152 cm³/mol. The summed E-state index contributed by atoms with van der Waals surface area (Å²) in [5, 5.41) is 9.87. The summed E-state index contributed by atoms with van der Waals surface area (Å²) in [5.41, 5.74) is 0. The Morgan fingerprint density at radius 1 is 0.925 bits per heavy atom. The maximum Gasteiger partial charge on any atom is 0.407 e. The number of alkyl carbamates (subject to hydrolysis) is 2. The number of carbonyl (C=O) groups excluding carboxylic acids is 6. The summed E-state index contributed by atoms with van der Waals surface area (Å²) in [6.07, 6.45) is 1.38. The summed E-state index contributed by atoms with van der Waals surface area (Å²) in [4.78, 5) is 69.1. The molecule has 1 aliphatic rings. The zero-order valence-electron chi connectivity index (χ0n) is 23.5. The first-order chi connectivity index (χ1) is 18.6. The number of ether oxygens (including phenoxy) is 3. The molecule has 1 aliphatic heterocycles. The van der Waals surface area contributed by atoms with E-state index in [2.05, 4.69) is 21.3 Å². The smallest absolute Gasteiger partial charge is 0.407 e. The van der Waals surface area contributed by atoms with Gasteiger partial charge in [-0.15, -0.1) is 0 Å². The lowest BCUT2D eigenvalue weighted by Gasteiger charge is -2.18. The van der Waals surface area contributed by atoms with Crippen molar-refractivity contribution in [2.24, 2.45) is 0 Å². The number of thioether (sulfide) groups is 1. The van der Waals surface area contributed by atoms with Crippen LogP contribution >= 0.6 is 11.8 Å². The number of nitrogens with zero attached hydrogens (tertiary/aromatic N) is 1. The topological polar surface area (TPSA) is 181 Å². The molecule has 0 aromatic rings. The largest absolute Gasteiger partial charge is 0.447 e. The van der Waals surface area contributed by atoms with Crippen molar-refractivity contribution < 1.29 is 43.0 Å². The Bertz CT molecular complexity index is 779. The monoisotopic (exact) mass is 593 g/mol. The number of nitrogens with one attached hydrogen (secondary N) is 4. The second kappa shape index (κ2) is 23.8. The molecular formula is C25H47N5O9S. The van der Waals surface area contributed by atoms with Gasteiger partial charge in [0, 0.05) is 59.1 Å². The summed E-state index contributed by atoms with van der Waals surface area (Å²) < 4.78 is 15.5. The number of carbonyl (C=O) groups is 6. The van der Waals surface area contributed by atoms with Crippen LogP contribution in [-0.2, 0) is 33.4 Å². The fourth-order valence-electron chi connectivity index (χ4n) is 3.05. The molecule has 40 heavy (non-hydrogen) atoms. The first kappa shape index (κ1) is 39.1. The molecule has 6 amide bonds. The molecule has 0 aliphatic carbocycles. The van der Waals surface area contributed by atoms with E-state index in [1.54, 1.807) is 20.1 Å². The number of rotatable bonds is 16. The summed E-state index contributed by atoms with van der Waals surface area (Å²) in [5.74, 6) is -0.558. The molecule has 1 rings (SSSR count). The van der Waals surface area contributed by atoms with Crippen molar-refractivity contribution in [2.45, 2.75) is 65.2 Å². The van der Waals surface area contributed by atoms with Crippen LogP contribution in [0.25, 0.3) is 0 Å². The van der Waals surface area contributed by atoms with Crippen molar-refractivity contribution in [3.05, 3.63) is 0 Å². The van der Waals surface area contributed by atoms with Gasteiger partial charge in [0.05, 0.1) is 5.25 Å². The molecule has 0 saturated carbocycles. The van der Waals surface area contributed by atoms with E-state index in [9.17, 15) is 28.8 Å². The Morgan fingerprint density at radius 2 is 1.48 bits per heavy atom. The highest BCUT2D eigenvalue weighted by Crippen LogP contribution is 2.22. The van der Waals surface area contributed by atoms with Crippen LogP contribution in [0.5, 0.6) is 0 Å². The second-order valence-electron chi connectivity index (χ2n) is 8.04. The molecule has 1 unspecified atom stereocenters. The quantitative estimate of drug-likeness (QED) is 0.149. The fourth-order valence-corrected chi connectivity index (χ4v) is 3.69. The van der Waals surface area contributed by atoms with Gasteiger partial charge in [-0.25, -0.2) is 9.59 Å². The van der Waals surface area contributed by atoms with Crippen molar-refractivity contribution in [2.75, 3.05) is 59.3 Å². The lowest BCUT2D eigenvalue weighted by atomic mass is 10.3. The van der Waals surface area contributed by atoms with Gasteiger partial charge in [0.2, 0.25) is 23.6 Å². The second-order valence-corrected chi connectivity index (χ2v) is 9.08. The molecule has 232 valence electrons. The van der Waals surface area contributed by atoms with Gasteiger partial charge < -0.3 is 35.5 Å². The average Bonchev–Trinajstić information content (AvgIpc) is 3.19. The van der Waals surface area contributed by atoms with Crippen LogP contribution < -0.4 is 21.3 Å². The Labute approximate surface area is 241 Å². The van der Waals surface area contributed by atoms with E-state index in [1.807, 2.05) is 6.92 Å². The van der Waals surface area contributed by atoms with Gasteiger partial charge in [-0.3, -0.25) is 24.1 Å². The molecule has 0 radical (unpaired) electrons. The zero-order chi connectivity index (χ0) is 29.6. The number of amides is 6. The summed E-state index contributed by atoms with van der Waals surface area (Å²) in [6.45, 7) is 7.26. The Morgan fingerprint density at radius 3 is 1.93 bits per heavy atom. The average molecular weight is 594 g/mol. The number of hydrogen-bond acceptors (Lipinski definition) is 10. The minimum absolute atomic E-state index is 0. The molecule has 0 spiro atoms. The van der Waals surface area contributed by atoms with Crippen LogP contribution in [0, 0.1) is 0 Å². The van der Waals surface area contributed by atoms with Crippen LogP contribution in [0.2, 0.25) is 0 Å². The van der Waals surface area contributed by atoms with Gasteiger partial charge in [0.1, 0.15) is 19.3 Å². The lowest BCUT2D eigenvalue weighted by molar-refractivity contribution is -0.138. The SMILES string of the molecule is C.CCNC(=O)CCCOC(COC(=O)NCC)COC(=O)NCC.CNC(=O)CCN1C(=O)CC(SC)C1=O. The number of likely N-dealkylation sites (tertiary alicyclic amines) is 1. The van der Waals surface area contributed by atoms with Crippen molar-refractivity contribution in [1.29, 1.82) is 0 Å². The van der Waals surface area contributed by atoms with Crippen molar-refractivity contribution in [3.8, 4) is 0 Å². The first-order valence-electron chi connectivity index (χ1n) is 12.9. The molecule has 1 heterocycles. The van der Waals surface area contributed by atoms with Crippen LogP contribution in [0.4, 0.5) is 9.59 Å². The maximum atomic E-state index is 11.6. The van der Waals surface area contributed by atoms with E-state index >= 15 is 0 Å². The van der Waals surface area contributed by atoms with E-state index in [1.165, 1.54) is 23.7 Å². The van der Waals surface area contributed by atoms with Gasteiger partial charge >= 0.3 is 12.2 Å². The van der Waals surface area contributed by atoms with E-state index < -0.39 is 18.3 Å². The van der Waals surface area contributed by atoms with Gasteiger partial charge in [-0.05, 0) is 33.4 Å². The molecule has 14 nitrogen and oxygen atoms in total. The third-order valence-electron chi connectivity index (χ3n) is 5.05. The molecule has 0 bridgehead atoms. The van der Waals surface area contributed by atoms with Gasteiger partial charge in [0.15, 0.2) is 0 Å². The normalized spacial score (nSPS) is 13.9. The molecule has 1 saturated heterocycles. The van der Waals surface area contributed by atoms with Crippen LogP contribution in [0.15, 0.2) is 0 Å². The van der Waals surface area contributed by atoms with Crippen LogP contribution in [0.1, 0.15) is 53.9 Å². The minimum atomic E-state index is -0.593. The maximum absolute atomic E-state index is 11.6. The van der Waals surface area contributed by atoms with Crippen LogP contribution in [0.3, 0.4) is 0 Å². The highest BCUT2D eigenvalue weighted by atomic mass is 32.2. The molecular weight excluding hydrogens is 546 g/mol. The van der Waals surface area contributed by atoms with Gasteiger partial charge in [-0.1, -0.05) is 7.43 Å². The summed E-state index contributed by atoms with van der Waals surface area (Å²) in [6, 6.07) is 0. The summed E-state index contributed by atoms with van der Waals surface area (Å²) >= 11 is 1.38. The minimum Gasteiger partial charge on any atom is -0.447 e. The van der Waals surface area contributed by atoms with Gasteiger partial charge in [-0.2, -0.15) is 11.8 Å². The molecule has 1 fully saturated rings. The highest BCUT2D eigenvalue weighted by molar-refractivity contribution is 8.00.